The van der Waals surface area contributed by atoms with Crippen LogP contribution in [0.3, 0.4) is 0 Å². The molecule has 3 atom stereocenters. The van der Waals surface area contributed by atoms with Crippen molar-refractivity contribution >= 4 is 44.2 Å². The van der Waals surface area contributed by atoms with Gasteiger partial charge in [-0.15, -0.1) is 0 Å². The molecule has 3 aromatic rings. The number of piperidine rings is 1. The summed E-state index contributed by atoms with van der Waals surface area (Å²) in [4.78, 5) is 30.0. The van der Waals surface area contributed by atoms with Crippen molar-refractivity contribution in [3.63, 3.8) is 0 Å². The van der Waals surface area contributed by atoms with Gasteiger partial charge in [0.05, 0.1) is 4.90 Å². The molecule has 0 bridgehead atoms. The summed E-state index contributed by atoms with van der Waals surface area (Å²) in [5.74, 6) is -0.183. The molecule has 0 aromatic heterocycles. The van der Waals surface area contributed by atoms with E-state index < -0.39 is 22.1 Å². The first-order valence-corrected chi connectivity index (χ1v) is 14.4. The molecular weight excluding hydrogens is 510 g/mol. The predicted octanol–water partition coefficient (Wildman–Crippen LogP) is 4.17. The molecule has 37 heavy (non-hydrogen) atoms. The number of rotatable bonds is 6. The molecule has 5 rings (SSSR count). The first kappa shape index (κ1) is 25.7. The highest BCUT2D eigenvalue weighted by Crippen LogP contribution is 2.28. The van der Waals surface area contributed by atoms with Gasteiger partial charge in [-0.05, 0) is 66.8 Å². The quantitative estimate of drug-likeness (QED) is 0.509. The van der Waals surface area contributed by atoms with Crippen molar-refractivity contribution in [2.45, 2.75) is 49.1 Å². The Morgan fingerprint density at radius 2 is 1.73 bits per heavy atom. The van der Waals surface area contributed by atoms with Gasteiger partial charge in [0.25, 0.3) is 0 Å². The summed E-state index contributed by atoms with van der Waals surface area (Å²) in [6, 6.07) is 18.6. The van der Waals surface area contributed by atoms with E-state index in [2.05, 4.69) is 16.9 Å². The lowest BCUT2D eigenvalue weighted by Gasteiger charge is -2.36. The molecule has 1 N–H and O–H groups in total. The maximum absolute atomic E-state index is 13.4. The van der Waals surface area contributed by atoms with Gasteiger partial charge >= 0.3 is 0 Å². The summed E-state index contributed by atoms with van der Waals surface area (Å²) in [7, 11) is -3.93. The average Bonchev–Trinajstić information content (AvgIpc) is 3.27. The number of carbonyl (C=O) groups excluding carboxylic acids is 2. The predicted molar refractivity (Wildman–Crippen MR) is 144 cm³/mol. The summed E-state index contributed by atoms with van der Waals surface area (Å²) in [5, 5.41) is 2.14. The number of carbonyl (C=O) groups is 2. The fraction of sp³-hybridized carbons (Fsp3) is 0.357. The standard InChI is InChI=1S/C28H30ClN3O4S/c1-19(27(33)31-14-5-8-23(18-31)20-6-3-2-4-7-20)32-15-13-26(28(32)34)30-37(35,36)25-12-10-21-16-24(29)11-9-22(21)17-25/h2-4,6-7,9-12,16-17,19,23,26,30H,5,8,13-15,18H2,1H3/t19-,23?,26-/m0/s1. The van der Waals surface area contributed by atoms with E-state index >= 15 is 0 Å². The van der Waals surface area contributed by atoms with E-state index in [-0.39, 0.29) is 22.6 Å². The van der Waals surface area contributed by atoms with Crippen LogP contribution in [0.1, 0.15) is 37.7 Å². The van der Waals surface area contributed by atoms with Crippen LogP contribution in [0.4, 0.5) is 0 Å². The Labute approximate surface area is 222 Å². The van der Waals surface area contributed by atoms with E-state index in [9.17, 15) is 18.0 Å². The molecule has 2 saturated heterocycles. The van der Waals surface area contributed by atoms with Crippen molar-refractivity contribution in [1.82, 2.24) is 14.5 Å². The van der Waals surface area contributed by atoms with Gasteiger partial charge in [0.15, 0.2) is 0 Å². The molecule has 2 heterocycles. The zero-order valence-corrected chi connectivity index (χ0v) is 22.2. The molecule has 1 unspecified atom stereocenters. The first-order chi connectivity index (χ1) is 17.7. The molecule has 0 radical (unpaired) electrons. The van der Waals surface area contributed by atoms with Crippen LogP contribution in [0.2, 0.25) is 5.02 Å². The number of benzene rings is 3. The SMILES string of the molecule is C[C@@H](C(=O)N1CCCC(c2ccccc2)C1)N1CC[C@H](NS(=O)(=O)c2ccc3cc(Cl)ccc3c2)C1=O. The van der Waals surface area contributed by atoms with Crippen molar-refractivity contribution < 1.29 is 18.0 Å². The summed E-state index contributed by atoms with van der Waals surface area (Å²) < 4.78 is 28.7. The van der Waals surface area contributed by atoms with Gasteiger partial charge in [-0.2, -0.15) is 4.72 Å². The summed E-state index contributed by atoms with van der Waals surface area (Å²) in [6.45, 7) is 3.35. The summed E-state index contributed by atoms with van der Waals surface area (Å²) in [5.41, 5.74) is 1.22. The number of nitrogens with zero attached hydrogens (tertiary/aromatic N) is 2. The van der Waals surface area contributed by atoms with Crippen LogP contribution in [0.25, 0.3) is 10.8 Å². The summed E-state index contributed by atoms with van der Waals surface area (Å²) in [6.07, 6.45) is 2.24. The normalized spacial score (nSPS) is 21.4. The van der Waals surface area contributed by atoms with E-state index in [1.807, 2.05) is 23.1 Å². The highest BCUT2D eigenvalue weighted by Gasteiger charge is 2.40. The minimum Gasteiger partial charge on any atom is -0.340 e. The van der Waals surface area contributed by atoms with Gasteiger partial charge in [0, 0.05) is 30.6 Å². The molecular formula is C28H30ClN3O4S. The van der Waals surface area contributed by atoms with Crippen molar-refractivity contribution in [2.75, 3.05) is 19.6 Å². The Morgan fingerprint density at radius 1 is 1.00 bits per heavy atom. The van der Waals surface area contributed by atoms with E-state index in [1.165, 1.54) is 16.5 Å². The van der Waals surface area contributed by atoms with Gasteiger partial charge in [0.2, 0.25) is 21.8 Å². The number of amides is 2. The Kier molecular flexibility index (Phi) is 7.25. The minimum absolute atomic E-state index is 0.0815. The fourth-order valence-corrected chi connectivity index (χ4v) is 6.82. The first-order valence-electron chi connectivity index (χ1n) is 12.6. The monoisotopic (exact) mass is 539 g/mol. The van der Waals surface area contributed by atoms with Gasteiger partial charge < -0.3 is 9.80 Å². The van der Waals surface area contributed by atoms with Crippen LogP contribution in [0.5, 0.6) is 0 Å². The molecule has 0 aliphatic carbocycles. The topological polar surface area (TPSA) is 86.8 Å². The molecule has 194 valence electrons. The number of likely N-dealkylation sites (tertiary alicyclic amines) is 2. The van der Waals surface area contributed by atoms with Crippen LogP contribution in [0.15, 0.2) is 71.6 Å². The maximum Gasteiger partial charge on any atom is 0.245 e. The Bertz CT molecular complexity index is 1430. The van der Waals surface area contributed by atoms with Crippen LogP contribution in [0, 0.1) is 0 Å². The molecule has 0 saturated carbocycles. The fourth-order valence-electron chi connectivity index (χ4n) is 5.39. The zero-order valence-electron chi connectivity index (χ0n) is 20.6. The van der Waals surface area contributed by atoms with Crippen molar-refractivity contribution in [2.24, 2.45) is 0 Å². The van der Waals surface area contributed by atoms with Gasteiger partial charge in [0.1, 0.15) is 12.1 Å². The lowest BCUT2D eigenvalue weighted by molar-refractivity contribution is -0.144. The Morgan fingerprint density at radius 3 is 2.51 bits per heavy atom. The van der Waals surface area contributed by atoms with Gasteiger partial charge in [-0.3, -0.25) is 9.59 Å². The molecule has 9 heteroatoms. The average molecular weight is 540 g/mol. The van der Waals surface area contributed by atoms with E-state index in [4.69, 9.17) is 11.6 Å². The van der Waals surface area contributed by atoms with Crippen LogP contribution in [-0.4, -0.2) is 61.7 Å². The highest BCUT2D eigenvalue weighted by atomic mass is 35.5. The molecule has 7 nitrogen and oxygen atoms in total. The Hall–Kier alpha value is -2.94. The number of hydrogen-bond donors (Lipinski definition) is 1. The van der Waals surface area contributed by atoms with E-state index in [0.29, 0.717) is 31.1 Å². The Balaban J connectivity index is 1.24. The molecule has 2 aliphatic heterocycles. The minimum atomic E-state index is -3.93. The molecule has 0 spiro atoms. The van der Waals surface area contributed by atoms with Crippen LogP contribution >= 0.6 is 11.6 Å². The van der Waals surface area contributed by atoms with Crippen LogP contribution < -0.4 is 4.72 Å². The number of fused-ring (bicyclic) bond motifs is 1. The lowest BCUT2D eigenvalue weighted by Crippen LogP contribution is -2.52. The van der Waals surface area contributed by atoms with Crippen LogP contribution in [-0.2, 0) is 19.6 Å². The number of halogens is 1. The molecule has 2 fully saturated rings. The molecule has 2 amide bonds. The largest absolute Gasteiger partial charge is 0.340 e. The van der Waals surface area contributed by atoms with E-state index in [1.54, 1.807) is 37.3 Å². The third kappa shape index (κ3) is 5.37. The van der Waals surface area contributed by atoms with E-state index in [0.717, 1.165) is 23.6 Å². The number of sulfonamides is 1. The highest BCUT2D eigenvalue weighted by molar-refractivity contribution is 7.89. The summed E-state index contributed by atoms with van der Waals surface area (Å²) >= 11 is 6.02. The third-order valence-electron chi connectivity index (χ3n) is 7.45. The van der Waals surface area contributed by atoms with Crippen molar-refractivity contribution in [3.8, 4) is 0 Å². The number of hydrogen-bond acceptors (Lipinski definition) is 4. The maximum atomic E-state index is 13.4. The second-order valence-corrected chi connectivity index (χ2v) is 12.0. The number of nitrogens with one attached hydrogen (secondary N) is 1. The van der Waals surface area contributed by atoms with Crippen molar-refractivity contribution in [1.29, 1.82) is 0 Å². The molecule has 2 aliphatic rings. The smallest absolute Gasteiger partial charge is 0.245 e. The molecule has 3 aromatic carbocycles. The third-order valence-corrected chi connectivity index (χ3v) is 9.15. The van der Waals surface area contributed by atoms with Gasteiger partial charge in [-0.25, -0.2) is 8.42 Å². The second kappa shape index (κ2) is 10.4. The second-order valence-electron chi connectivity index (χ2n) is 9.86. The van der Waals surface area contributed by atoms with Crippen molar-refractivity contribution in [3.05, 3.63) is 77.3 Å². The van der Waals surface area contributed by atoms with Gasteiger partial charge in [-0.1, -0.05) is 54.1 Å². The zero-order chi connectivity index (χ0) is 26.2. The lowest BCUT2D eigenvalue weighted by atomic mass is 9.90.